The summed E-state index contributed by atoms with van der Waals surface area (Å²) < 4.78 is 0. The van der Waals surface area contributed by atoms with Crippen molar-refractivity contribution >= 4 is 29.2 Å². The fraction of sp³-hybridized carbons (Fsp3) is 0.115. The van der Waals surface area contributed by atoms with E-state index in [1.54, 1.807) is 36.8 Å². The average Bonchev–Trinajstić information content (AvgIpc) is 3.33. The second-order valence-corrected chi connectivity index (χ2v) is 8.08. The average molecular weight is 458 g/mol. The van der Waals surface area contributed by atoms with E-state index >= 15 is 0 Å². The highest BCUT2D eigenvalue weighted by Crippen LogP contribution is 2.21. The molecule has 0 saturated heterocycles. The lowest BCUT2D eigenvalue weighted by Gasteiger charge is -2.15. The van der Waals surface area contributed by atoms with Gasteiger partial charge in [0.2, 0.25) is 5.96 Å². The number of guanidine groups is 1. The second kappa shape index (κ2) is 10.6. The Morgan fingerprint density at radius 2 is 1.79 bits per heavy atom. The SMILES string of the molecule is C[C@H](Cc1cnc[nH]1)N=C(NC(=O)c1cccc(Cl)c1)Nc1ccc(-c2ccccc2)cc1. The molecule has 1 aromatic heterocycles. The number of nitrogens with zero attached hydrogens (tertiary/aromatic N) is 2. The van der Waals surface area contributed by atoms with Gasteiger partial charge in [0.15, 0.2) is 0 Å². The fourth-order valence-electron chi connectivity index (χ4n) is 3.40. The van der Waals surface area contributed by atoms with Crippen LogP contribution in [0.3, 0.4) is 0 Å². The molecule has 0 bridgehead atoms. The third-order valence-corrected chi connectivity index (χ3v) is 5.23. The molecule has 1 atom stereocenters. The number of amides is 1. The molecule has 3 N–H and O–H groups in total. The third kappa shape index (κ3) is 6.30. The zero-order chi connectivity index (χ0) is 23.0. The zero-order valence-electron chi connectivity index (χ0n) is 18.1. The minimum absolute atomic E-state index is 0.101. The number of benzene rings is 3. The first-order valence-corrected chi connectivity index (χ1v) is 11.0. The van der Waals surface area contributed by atoms with Gasteiger partial charge >= 0.3 is 0 Å². The first-order chi connectivity index (χ1) is 16.1. The molecule has 0 fully saturated rings. The Kier molecular flexibility index (Phi) is 7.17. The van der Waals surface area contributed by atoms with Crippen LogP contribution in [0.2, 0.25) is 5.02 Å². The number of anilines is 1. The highest BCUT2D eigenvalue weighted by atomic mass is 35.5. The van der Waals surface area contributed by atoms with Crippen molar-refractivity contribution in [3.05, 3.63) is 108 Å². The van der Waals surface area contributed by atoms with Gasteiger partial charge in [0, 0.05) is 34.6 Å². The van der Waals surface area contributed by atoms with Crippen LogP contribution in [0.4, 0.5) is 5.69 Å². The number of H-pyrrole nitrogens is 1. The number of aromatic nitrogens is 2. The number of hydrogen-bond donors (Lipinski definition) is 3. The lowest BCUT2D eigenvalue weighted by atomic mass is 10.1. The number of aromatic amines is 1. The molecule has 4 aromatic rings. The Labute approximate surface area is 197 Å². The molecule has 1 amide bonds. The van der Waals surface area contributed by atoms with E-state index in [1.165, 1.54) is 0 Å². The van der Waals surface area contributed by atoms with Crippen molar-refractivity contribution in [1.82, 2.24) is 15.3 Å². The summed E-state index contributed by atoms with van der Waals surface area (Å²) in [4.78, 5) is 24.7. The normalized spacial score (nSPS) is 12.2. The van der Waals surface area contributed by atoms with Crippen molar-refractivity contribution in [3.8, 4) is 11.1 Å². The van der Waals surface area contributed by atoms with E-state index in [4.69, 9.17) is 16.6 Å². The van der Waals surface area contributed by atoms with Crippen LogP contribution in [0.5, 0.6) is 0 Å². The van der Waals surface area contributed by atoms with Gasteiger partial charge in [0.25, 0.3) is 5.91 Å². The monoisotopic (exact) mass is 457 g/mol. The van der Waals surface area contributed by atoms with E-state index in [0.717, 1.165) is 22.5 Å². The Morgan fingerprint density at radius 1 is 1.03 bits per heavy atom. The maximum absolute atomic E-state index is 12.8. The van der Waals surface area contributed by atoms with Gasteiger partial charge in [0.1, 0.15) is 0 Å². The summed E-state index contributed by atoms with van der Waals surface area (Å²) in [6, 6.07) is 24.8. The number of carbonyl (C=O) groups is 1. The third-order valence-electron chi connectivity index (χ3n) is 4.99. The molecule has 3 aromatic carbocycles. The van der Waals surface area contributed by atoms with Crippen molar-refractivity contribution in [2.45, 2.75) is 19.4 Å². The predicted octanol–water partition coefficient (Wildman–Crippen LogP) is 5.56. The van der Waals surface area contributed by atoms with E-state index in [-0.39, 0.29) is 11.9 Å². The van der Waals surface area contributed by atoms with E-state index in [0.29, 0.717) is 23.0 Å². The van der Waals surface area contributed by atoms with Gasteiger partial charge in [-0.1, -0.05) is 60.1 Å². The molecule has 0 unspecified atom stereocenters. The molecule has 0 aliphatic carbocycles. The van der Waals surface area contributed by atoms with Crippen LogP contribution in [0.1, 0.15) is 23.0 Å². The van der Waals surface area contributed by atoms with Crippen LogP contribution in [0, 0.1) is 0 Å². The topological polar surface area (TPSA) is 82.2 Å². The quantitative estimate of drug-likeness (QED) is 0.262. The molecule has 1 heterocycles. The number of hydrogen-bond acceptors (Lipinski definition) is 3. The number of rotatable bonds is 6. The van der Waals surface area contributed by atoms with Crippen LogP contribution < -0.4 is 10.6 Å². The van der Waals surface area contributed by atoms with Gasteiger partial charge in [-0.15, -0.1) is 0 Å². The lowest BCUT2D eigenvalue weighted by molar-refractivity contribution is 0.0977. The Bertz CT molecular complexity index is 1220. The molecule has 166 valence electrons. The molecule has 6 nitrogen and oxygen atoms in total. The molecule has 0 radical (unpaired) electrons. The van der Waals surface area contributed by atoms with E-state index in [1.807, 2.05) is 49.4 Å². The summed E-state index contributed by atoms with van der Waals surface area (Å²) in [5.74, 6) is 0.0675. The van der Waals surface area contributed by atoms with Crippen molar-refractivity contribution < 1.29 is 4.79 Å². The molecule has 0 spiro atoms. The molecule has 0 saturated carbocycles. The Hall–Kier alpha value is -3.90. The van der Waals surface area contributed by atoms with Gasteiger partial charge in [-0.3, -0.25) is 10.1 Å². The zero-order valence-corrected chi connectivity index (χ0v) is 18.9. The van der Waals surface area contributed by atoms with Gasteiger partial charge in [-0.05, 0) is 48.4 Å². The van der Waals surface area contributed by atoms with Crippen molar-refractivity contribution in [2.24, 2.45) is 4.99 Å². The largest absolute Gasteiger partial charge is 0.348 e. The summed E-state index contributed by atoms with van der Waals surface area (Å²) >= 11 is 6.05. The van der Waals surface area contributed by atoms with Crippen LogP contribution in [-0.4, -0.2) is 27.9 Å². The summed E-state index contributed by atoms with van der Waals surface area (Å²) in [5, 5.41) is 6.62. The summed E-state index contributed by atoms with van der Waals surface area (Å²) in [6.45, 7) is 1.98. The summed E-state index contributed by atoms with van der Waals surface area (Å²) in [5.41, 5.74) is 4.49. The molecule has 4 rings (SSSR count). The Morgan fingerprint density at radius 3 is 2.48 bits per heavy atom. The fourth-order valence-corrected chi connectivity index (χ4v) is 3.59. The molecule has 7 heteroatoms. The predicted molar refractivity (Wildman–Crippen MR) is 134 cm³/mol. The maximum atomic E-state index is 12.8. The second-order valence-electron chi connectivity index (χ2n) is 7.64. The van der Waals surface area contributed by atoms with Crippen molar-refractivity contribution in [3.63, 3.8) is 0 Å². The number of aliphatic imine (C=N–C) groups is 1. The first-order valence-electron chi connectivity index (χ1n) is 10.6. The number of carbonyl (C=O) groups excluding carboxylic acids is 1. The van der Waals surface area contributed by atoms with Gasteiger partial charge in [-0.25, -0.2) is 9.98 Å². The van der Waals surface area contributed by atoms with Crippen molar-refractivity contribution in [1.29, 1.82) is 0 Å². The number of halogens is 1. The lowest BCUT2D eigenvalue weighted by Crippen LogP contribution is -2.37. The minimum Gasteiger partial charge on any atom is -0.348 e. The summed E-state index contributed by atoms with van der Waals surface area (Å²) in [6.07, 6.45) is 4.07. The van der Waals surface area contributed by atoms with E-state index in [2.05, 4.69) is 32.7 Å². The number of imidazole rings is 1. The van der Waals surface area contributed by atoms with Crippen LogP contribution in [0.25, 0.3) is 11.1 Å². The Balaban J connectivity index is 1.53. The molecule has 0 aliphatic rings. The molecule has 0 aliphatic heterocycles. The standard InChI is InChI=1S/C26H24ClN5O/c1-18(14-24-16-28-17-29-24)30-26(32-25(33)21-8-5-9-22(27)15-21)31-23-12-10-20(11-13-23)19-6-3-2-4-7-19/h2-13,15-18H,14H2,1H3,(H,28,29)(H2,30,31,32,33)/t18-/m1/s1. The molecule has 33 heavy (non-hydrogen) atoms. The first kappa shape index (κ1) is 22.3. The summed E-state index contributed by atoms with van der Waals surface area (Å²) in [7, 11) is 0. The highest BCUT2D eigenvalue weighted by Gasteiger charge is 2.12. The smallest absolute Gasteiger partial charge is 0.258 e. The molecular weight excluding hydrogens is 434 g/mol. The van der Waals surface area contributed by atoms with E-state index < -0.39 is 0 Å². The molecular formula is C26H24ClN5O. The van der Waals surface area contributed by atoms with Crippen LogP contribution in [-0.2, 0) is 6.42 Å². The van der Waals surface area contributed by atoms with Gasteiger partial charge < -0.3 is 10.3 Å². The van der Waals surface area contributed by atoms with Crippen LogP contribution >= 0.6 is 11.6 Å². The number of nitrogens with one attached hydrogen (secondary N) is 3. The maximum Gasteiger partial charge on any atom is 0.258 e. The van der Waals surface area contributed by atoms with Crippen LogP contribution in [0.15, 0.2) is 96.4 Å². The van der Waals surface area contributed by atoms with Crippen molar-refractivity contribution in [2.75, 3.05) is 5.32 Å². The van der Waals surface area contributed by atoms with Gasteiger partial charge in [-0.2, -0.15) is 0 Å². The minimum atomic E-state index is -0.293. The highest BCUT2D eigenvalue weighted by molar-refractivity contribution is 6.31. The van der Waals surface area contributed by atoms with E-state index in [9.17, 15) is 4.79 Å². The van der Waals surface area contributed by atoms with Gasteiger partial charge in [0.05, 0.1) is 12.4 Å².